The van der Waals surface area contributed by atoms with Crippen molar-refractivity contribution >= 4 is 40.9 Å². The summed E-state index contributed by atoms with van der Waals surface area (Å²) in [5.74, 6) is 1.03. The lowest BCUT2D eigenvalue weighted by atomic mass is 9.94. The van der Waals surface area contributed by atoms with Gasteiger partial charge in [0.2, 0.25) is 5.91 Å². The van der Waals surface area contributed by atoms with E-state index in [-0.39, 0.29) is 17.6 Å². The molecule has 1 N–H and O–H groups in total. The highest BCUT2D eigenvalue weighted by atomic mass is 35.5. The molecule has 0 aliphatic carbocycles. The predicted octanol–water partition coefficient (Wildman–Crippen LogP) is 6.49. The van der Waals surface area contributed by atoms with Crippen molar-refractivity contribution in [3.63, 3.8) is 0 Å². The number of aromatic nitrogens is 4. The smallest absolute Gasteiger partial charge is 0.230 e. The van der Waals surface area contributed by atoms with Gasteiger partial charge in [-0.3, -0.25) is 14.3 Å². The maximum Gasteiger partial charge on any atom is 0.230 e. The number of thioether (sulfide) groups is 1. The van der Waals surface area contributed by atoms with Crippen molar-refractivity contribution in [3.05, 3.63) is 94.2 Å². The lowest BCUT2D eigenvalue weighted by molar-refractivity contribution is -0.118. The molecule has 0 spiro atoms. The van der Waals surface area contributed by atoms with Gasteiger partial charge < -0.3 is 5.32 Å². The van der Waals surface area contributed by atoms with Gasteiger partial charge in [0.25, 0.3) is 0 Å². The Kier molecular flexibility index (Phi) is 9.39. The maximum absolute atomic E-state index is 12.8. The van der Waals surface area contributed by atoms with Gasteiger partial charge in [0.05, 0.1) is 12.3 Å². The van der Waals surface area contributed by atoms with E-state index in [1.807, 2.05) is 47.0 Å². The Bertz CT molecular complexity index is 1280. The largest absolute Gasteiger partial charge is 0.355 e. The van der Waals surface area contributed by atoms with E-state index in [2.05, 4.69) is 39.6 Å². The molecule has 6 nitrogen and oxygen atoms in total. The minimum Gasteiger partial charge on any atom is -0.355 e. The minimum atomic E-state index is -0.0640. The fourth-order valence-electron chi connectivity index (χ4n) is 3.99. The van der Waals surface area contributed by atoms with Crippen LogP contribution in [0.3, 0.4) is 0 Å². The molecule has 0 fully saturated rings. The van der Waals surface area contributed by atoms with Crippen LogP contribution in [-0.4, -0.2) is 38.0 Å². The van der Waals surface area contributed by atoms with E-state index in [0.717, 1.165) is 35.4 Å². The van der Waals surface area contributed by atoms with Gasteiger partial charge in [-0.05, 0) is 41.8 Å². The Morgan fingerprint density at radius 2 is 1.83 bits per heavy atom. The average Bonchev–Trinajstić information content (AvgIpc) is 3.29. The van der Waals surface area contributed by atoms with E-state index >= 15 is 0 Å². The summed E-state index contributed by atoms with van der Waals surface area (Å²) in [5.41, 5.74) is 3.05. The molecule has 9 heteroatoms. The average molecular weight is 541 g/mol. The number of rotatable bonds is 11. The number of halogens is 2. The molecule has 2 aromatic carbocycles. The molecule has 4 aromatic rings. The first-order valence-corrected chi connectivity index (χ1v) is 13.5. The zero-order valence-electron chi connectivity index (χ0n) is 19.9. The number of nitrogens with one attached hydrogen (secondary N) is 1. The molecular weight excluding hydrogens is 513 g/mol. The van der Waals surface area contributed by atoms with Crippen LogP contribution in [0, 0.1) is 0 Å². The number of pyridine rings is 1. The lowest BCUT2D eigenvalue weighted by Gasteiger charge is -2.19. The second kappa shape index (κ2) is 12.9. The molecule has 186 valence electrons. The number of amides is 1. The van der Waals surface area contributed by atoms with Crippen molar-refractivity contribution in [1.82, 2.24) is 25.1 Å². The highest BCUT2D eigenvalue weighted by molar-refractivity contribution is 7.99. The van der Waals surface area contributed by atoms with Gasteiger partial charge in [0.15, 0.2) is 11.0 Å². The number of carbonyl (C=O) groups is 1. The van der Waals surface area contributed by atoms with Crippen molar-refractivity contribution in [2.45, 2.75) is 37.4 Å². The van der Waals surface area contributed by atoms with Gasteiger partial charge in [-0.1, -0.05) is 84.7 Å². The molecule has 0 unspecified atom stereocenters. The molecule has 36 heavy (non-hydrogen) atoms. The normalized spacial score (nSPS) is 11.9. The van der Waals surface area contributed by atoms with Crippen LogP contribution in [0.5, 0.6) is 0 Å². The lowest BCUT2D eigenvalue weighted by Crippen LogP contribution is -2.30. The van der Waals surface area contributed by atoms with Crippen LogP contribution in [-0.2, 0) is 11.3 Å². The van der Waals surface area contributed by atoms with Gasteiger partial charge in [0, 0.05) is 40.5 Å². The molecule has 0 saturated carbocycles. The van der Waals surface area contributed by atoms with E-state index < -0.39 is 0 Å². The highest BCUT2D eigenvalue weighted by Crippen LogP contribution is 2.30. The summed E-state index contributed by atoms with van der Waals surface area (Å²) in [7, 11) is 0. The monoisotopic (exact) mass is 539 g/mol. The first-order chi connectivity index (χ1) is 17.5. The van der Waals surface area contributed by atoms with Gasteiger partial charge in [-0.15, -0.1) is 10.2 Å². The summed E-state index contributed by atoms with van der Waals surface area (Å²) >= 11 is 13.9. The van der Waals surface area contributed by atoms with E-state index in [1.165, 1.54) is 11.8 Å². The molecule has 2 heterocycles. The molecule has 4 rings (SSSR count). The molecule has 0 aliphatic rings. The fourth-order valence-corrected chi connectivity index (χ4v) is 5.32. The Morgan fingerprint density at radius 3 is 2.56 bits per heavy atom. The Balaban J connectivity index is 1.44. The van der Waals surface area contributed by atoms with Crippen molar-refractivity contribution in [1.29, 1.82) is 0 Å². The Labute approximate surface area is 225 Å². The summed E-state index contributed by atoms with van der Waals surface area (Å²) < 4.78 is 2.04. The first-order valence-electron chi connectivity index (χ1n) is 11.8. The zero-order valence-corrected chi connectivity index (χ0v) is 22.2. The van der Waals surface area contributed by atoms with E-state index in [0.29, 0.717) is 28.3 Å². The standard InChI is InChI=1S/C27H27Cl2N5OS/c1-2-6-21(23-10-9-22(28)15-24(23)29)16-31-25(35)18-36-27-33-32-26(20-11-13-30-14-12-20)34(27)17-19-7-4-3-5-8-19/h3-5,7-15,21H,2,6,16-18H2,1H3,(H,31,35)/t21-/m0/s1. The van der Waals surface area contributed by atoms with Crippen molar-refractivity contribution < 1.29 is 4.79 Å². The van der Waals surface area contributed by atoms with Crippen molar-refractivity contribution in [3.8, 4) is 11.4 Å². The number of hydrogen-bond acceptors (Lipinski definition) is 5. The van der Waals surface area contributed by atoms with Gasteiger partial charge >= 0.3 is 0 Å². The van der Waals surface area contributed by atoms with E-state index in [4.69, 9.17) is 23.2 Å². The quantitative estimate of drug-likeness (QED) is 0.220. The van der Waals surface area contributed by atoms with E-state index in [1.54, 1.807) is 18.5 Å². The number of hydrogen-bond donors (Lipinski definition) is 1. The predicted molar refractivity (Wildman–Crippen MR) is 147 cm³/mol. The summed E-state index contributed by atoms with van der Waals surface area (Å²) in [4.78, 5) is 16.9. The highest BCUT2D eigenvalue weighted by Gasteiger charge is 2.18. The zero-order chi connectivity index (χ0) is 25.3. The van der Waals surface area contributed by atoms with Gasteiger partial charge in [0.1, 0.15) is 0 Å². The van der Waals surface area contributed by atoms with Crippen molar-refractivity contribution in [2.75, 3.05) is 12.3 Å². The molecule has 2 aromatic heterocycles. The summed E-state index contributed by atoms with van der Waals surface area (Å²) in [6.07, 6.45) is 5.36. The molecule has 0 saturated heterocycles. The summed E-state index contributed by atoms with van der Waals surface area (Å²) in [5, 5.41) is 13.8. The van der Waals surface area contributed by atoms with Crippen LogP contribution in [0.15, 0.2) is 78.2 Å². The van der Waals surface area contributed by atoms with Crippen LogP contribution < -0.4 is 5.32 Å². The van der Waals surface area contributed by atoms with E-state index in [9.17, 15) is 4.79 Å². The van der Waals surface area contributed by atoms with Crippen LogP contribution in [0.2, 0.25) is 10.0 Å². The molecular formula is C27H27Cl2N5OS. The molecule has 0 bridgehead atoms. The number of benzene rings is 2. The SMILES string of the molecule is CCC[C@@H](CNC(=O)CSc1nnc(-c2ccncc2)n1Cc1ccccc1)c1ccc(Cl)cc1Cl. The molecule has 1 atom stereocenters. The van der Waals surface area contributed by atoms with Crippen LogP contribution in [0.25, 0.3) is 11.4 Å². The third kappa shape index (κ3) is 6.87. The summed E-state index contributed by atoms with van der Waals surface area (Å²) in [6.45, 7) is 3.23. The van der Waals surface area contributed by atoms with Crippen LogP contribution in [0.4, 0.5) is 0 Å². The van der Waals surface area contributed by atoms with Crippen LogP contribution >= 0.6 is 35.0 Å². The second-order valence-electron chi connectivity index (χ2n) is 8.36. The summed E-state index contributed by atoms with van der Waals surface area (Å²) in [6, 6.07) is 19.5. The Hall–Kier alpha value is -2.87. The maximum atomic E-state index is 12.8. The molecule has 0 radical (unpaired) electrons. The second-order valence-corrected chi connectivity index (χ2v) is 10.1. The first kappa shape index (κ1) is 26.2. The van der Waals surface area contributed by atoms with Crippen molar-refractivity contribution in [2.24, 2.45) is 0 Å². The van der Waals surface area contributed by atoms with Crippen LogP contribution in [0.1, 0.15) is 36.8 Å². The third-order valence-corrected chi connectivity index (χ3v) is 7.29. The minimum absolute atomic E-state index is 0.0640. The van der Waals surface area contributed by atoms with Gasteiger partial charge in [-0.25, -0.2) is 0 Å². The Morgan fingerprint density at radius 1 is 1.06 bits per heavy atom. The molecule has 0 aliphatic heterocycles. The fraction of sp³-hybridized carbons (Fsp3) is 0.259. The third-order valence-electron chi connectivity index (χ3n) is 5.76. The topological polar surface area (TPSA) is 72.7 Å². The van der Waals surface area contributed by atoms with Gasteiger partial charge in [-0.2, -0.15) is 0 Å². The number of carbonyl (C=O) groups excluding carboxylic acids is 1. The number of nitrogens with zero attached hydrogens (tertiary/aromatic N) is 4. The molecule has 1 amide bonds.